The number of ketones is 1. The quantitative estimate of drug-likeness (QED) is 0.470. The first-order valence-corrected chi connectivity index (χ1v) is 3.88. The lowest BCUT2D eigenvalue weighted by molar-refractivity contribution is 0.103. The Morgan fingerprint density at radius 3 is 2.80 bits per heavy atom. The first-order chi connectivity index (χ1) is 4.72. The summed E-state index contributed by atoms with van der Waals surface area (Å²) >= 11 is 1.52. The summed E-state index contributed by atoms with van der Waals surface area (Å²) in [6.45, 7) is 5.29. The molecule has 1 aromatic heterocycles. The Kier molecular flexibility index (Phi) is 2.02. The molecule has 0 atom stereocenters. The summed E-state index contributed by atoms with van der Waals surface area (Å²) in [7, 11) is 0. The van der Waals surface area contributed by atoms with Gasteiger partial charge in [0.05, 0.1) is 0 Å². The van der Waals surface area contributed by atoms with Gasteiger partial charge in [-0.2, -0.15) is 11.3 Å². The molecule has 10 heavy (non-hydrogen) atoms. The van der Waals surface area contributed by atoms with E-state index in [1.54, 1.807) is 6.92 Å². The minimum atomic E-state index is 0.0428. The van der Waals surface area contributed by atoms with E-state index in [0.717, 1.165) is 5.56 Å². The zero-order valence-corrected chi connectivity index (χ0v) is 6.57. The average molecular weight is 152 g/mol. The van der Waals surface area contributed by atoms with Crippen LogP contribution in [0.15, 0.2) is 29.0 Å². The SMILES string of the molecule is C=C(C)C(=O)c1ccsc1. The first-order valence-electron chi connectivity index (χ1n) is 2.94. The molecule has 0 fully saturated rings. The number of allylic oxidation sites excluding steroid dienone is 1. The number of hydrogen-bond donors (Lipinski definition) is 0. The molecule has 52 valence electrons. The van der Waals surface area contributed by atoms with Crippen LogP contribution in [0.1, 0.15) is 17.3 Å². The number of thiophene rings is 1. The Morgan fingerprint density at radius 1 is 1.70 bits per heavy atom. The number of carbonyl (C=O) groups excluding carboxylic acids is 1. The third-order valence-corrected chi connectivity index (χ3v) is 1.85. The number of hydrogen-bond acceptors (Lipinski definition) is 2. The van der Waals surface area contributed by atoms with Crippen molar-refractivity contribution in [1.82, 2.24) is 0 Å². The highest BCUT2D eigenvalue weighted by atomic mass is 32.1. The van der Waals surface area contributed by atoms with Crippen molar-refractivity contribution >= 4 is 17.1 Å². The summed E-state index contributed by atoms with van der Waals surface area (Å²) < 4.78 is 0. The third kappa shape index (κ3) is 1.33. The van der Waals surface area contributed by atoms with Gasteiger partial charge in [0.2, 0.25) is 0 Å². The molecule has 0 saturated carbocycles. The zero-order chi connectivity index (χ0) is 7.56. The molecule has 0 bridgehead atoms. The molecule has 0 spiro atoms. The lowest BCUT2D eigenvalue weighted by Crippen LogP contribution is -1.95. The molecule has 0 aliphatic heterocycles. The Morgan fingerprint density at radius 2 is 2.40 bits per heavy atom. The lowest BCUT2D eigenvalue weighted by Gasteiger charge is -1.91. The van der Waals surface area contributed by atoms with Gasteiger partial charge in [0.1, 0.15) is 0 Å². The van der Waals surface area contributed by atoms with Gasteiger partial charge in [-0.05, 0) is 23.9 Å². The molecule has 1 heterocycles. The van der Waals surface area contributed by atoms with Crippen LogP contribution in [0.3, 0.4) is 0 Å². The highest BCUT2D eigenvalue weighted by Gasteiger charge is 2.04. The van der Waals surface area contributed by atoms with Crippen LogP contribution >= 0.6 is 11.3 Å². The molecule has 0 saturated heterocycles. The van der Waals surface area contributed by atoms with Crippen molar-refractivity contribution in [2.24, 2.45) is 0 Å². The second-order valence-corrected chi connectivity index (χ2v) is 2.90. The summed E-state index contributed by atoms with van der Waals surface area (Å²) in [5.74, 6) is 0.0428. The number of Topliss-reactive ketones (excluding diaryl/α,β-unsaturated/α-hetero) is 1. The van der Waals surface area contributed by atoms with Crippen LogP contribution in [0, 0.1) is 0 Å². The fraction of sp³-hybridized carbons (Fsp3) is 0.125. The molecular formula is C8H8OS. The molecule has 0 radical (unpaired) electrons. The smallest absolute Gasteiger partial charge is 0.188 e. The topological polar surface area (TPSA) is 17.1 Å². The van der Waals surface area contributed by atoms with Gasteiger partial charge in [-0.25, -0.2) is 0 Å². The monoisotopic (exact) mass is 152 g/mol. The highest BCUT2D eigenvalue weighted by molar-refractivity contribution is 7.08. The first kappa shape index (κ1) is 7.22. The lowest BCUT2D eigenvalue weighted by atomic mass is 10.1. The van der Waals surface area contributed by atoms with Crippen molar-refractivity contribution in [3.05, 3.63) is 34.5 Å². The molecule has 1 nitrogen and oxygen atoms in total. The van der Waals surface area contributed by atoms with E-state index in [1.165, 1.54) is 11.3 Å². The number of rotatable bonds is 2. The summed E-state index contributed by atoms with van der Waals surface area (Å²) in [6, 6.07) is 1.81. The van der Waals surface area contributed by atoms with Crippen LogP contribution in [-0.2, 0) is 0 Å². The van der Waals surface area contributed by atoms with Gasteiger partial charge in [0, 0.05) is 10.9 Å². The largest absolute Gasteiger partial charge is 0.289 e. The predicted octanol–water partition coefficient (Wildman–Crippen LogP) is 2.51. The maximum absolute atomic E-state index is 11.1. The van der Waals surface area contributed by atoms with Crippen molar-refractivity contribution < 1.29 is 4.79 Å². The van der Waals surface area contributed by atoms with E-state index >= 15 is 0 Å². The molecule has 1 aromatic rings. The van der Waals surface area contributed by atoms with Crippen LogP contribution in [0.4, 0.5) is 0 Å². The Labute approximate surface area is 64.0 Å². The van der Waals surface area contributed by atoms with Gasteiger partial charge in [0.15, 0.2) is 5.78 Å². The number of carbonyl (C=O) groups is 1. The summed E-state index contributed by atoms with van der Waals surface area (Å²) in [5, 5.41) is 3.72. The van der Waals surface area contributed by atoms with Crippen LogP contribution in [0.2, 0.25) is 0 Å². The van der Waals surface area contributed by atoms with Crippen molar-refractivity contribution in [3.8, 4) is 0 Å². The molecule has 0 aromatic carbocycles. The van der Waals surface area contributed by atoms with E-state index in [-0.39, 0.29) is 5.78 Å². The Bertz CT molecular complexity index is 246. The van der Waals surface area contributed by atoms with Crippen LogP contribution in [0.25, 0.3) is 0 Å². The molecule has 2 heteroatoms. The van der Waals surface area contributed by atoms with E-state index in [4.69, 9.17) is 0 Å². The van der Waals surface area contributed by atoms with Crippen molar-refractivity contribution in [1.29, 1.82) is 0 Å². The van der Waals surface area contributed by atoms with Gasteiger partial charge >= 0.3 is 0 Å². The Hall–Kier alpha value is -0.890. The predicted molar refractivity (Wildman–Crippen MR) is 43.5 cm³/mol. The van der Waals surface area contributed by atoms with E-state index in [1.807, 2.05) is 16.8 Å². The van der Waals surface area contributed by atoms with E-state index < -0.39 is 0 Å². The fourth-order valence-corrected chi connectivity index (χ4v) is 1.28. The third-order valence-electron chi connectivity index (χ3n) is 1.17. The normalized spacial score (nSPS) is 9.30. The van der Waals surface area contributed by atoms with Crippen molar-refractivity contribution in [2.75, 3.05) is 0 Å². The van der Waals surface area contributed by atoms with Gasteiger partial charge in [-0.15, -0.1) is 0 Å². The molecule has 0 unspecified atom stereocenters. The summed E-state index contributed by atoms with van der Waals surface area (Å²) in [4.78, 5) is 11.1. The van der Waals surface area contributed by atoms with Gasteiger partial charge in [-0.3, -0.25) is 4.79 Å². The van der Waals surface area contributed by atoms with Crippen molar-refractivity contribution in [3.63, 3.8) is 0 Å². The van der Waals surface area contributed by atoms with Gasteiger partial charge < -0.3 is 0 Å². The maximum atomic E-state index is 11.1. The molecule has 1 rings (SSSR count). The molecule has 0 amide bonds. The van der Waals surface area contributed by atoms with E-state index in [2.05, 4.69) is 6.58 Å². The van der Waals surface area contributed by atoms with E-state index in [9.17, 15) is 4.79 Å². The van der Waals surface area contributed by atoms with Crippen LogP contribution < -0.4 is 0 Å². The average Bonchev–Trinajstić information content (AvgIpc) is 2.36. The molecular weight excluding hydrogens is 144 g/mol. The van der Waals surface area contributed by atoms with Crippen LogP contribution in [-0.4, -0.2) is 5.78 Å². The van der Waals surface area contributed by atoms with Gasteiger partial charge in [-0.1, -0.05) is 6.58 Å². The second kappa shape index (κ2) is 2.80. The Balaban J connectivity index is 2.88. The molecule has 0 aliphatic carbocycles. The van der Waals surface area contributed by atoms with E-state index in [0.29, 0.717) is 5.57 Å². The maximum Gasteiger partial charge on any atom is 0.188 e. The molecule has 0 N–H and O–H groups in total. The summed E-state index contributed by atoms with van der Waals surface area (Å²) in [5.41, 5.74) is 1.34. The highest BCUT2D eigenvalue weighted by Crippen LogP contribution is 2.09. The molecule has 0 aliphatic rings. The minimum absolute atomic E-state index is 0.0428. The standard InChI is InChI=1S/C8H8OS/c1-6(2)8(9)7-3-4-10-5-7/h3-5H,1H2,2H3. The van der Waals surface area contributed by atoms with Gasteiger partial charge in [0.25, 0.3) is 0 Å². The second-order valence-electron chi connectivity index (χ2n) is 2.12. The minimum Gasteiger partial charge on any atom is -0.289 e. The fourth-order valence-electron chi connectivity index (χ4n) is 0.640. The summed E-state index contributed by atoms with van der Waals surface area (Å²) in [6.07, 6.45) is 0. The zero-order valence-electron chi connectivity index (χ0n) is 5.76. The van der Waals surface area contributed by atoms with Crippen LogP contribution in [0.5, 0.6) is 0 Å². The van der Waals surface area contributed by atoms with Crippen molar-refractivity contribution in [2.45, 2.75) is 6.92 Å².